The van der Waals surface area contributed by atoms with Gasteiger partial charge in [0.15, 0.2) is 0 Å². The van der Waals surface area contributed by atoms with Crippen LogP contribution < -0.4 is 5.48 Å². The maximum atomic E-state index is 11.9. The van der Waals surface area contributed by atoms with Crippen molar-refractivity contribution in [2.24, 2.45) is 0 Å². The first-order valence-corrected chi connectivity index (χ1v) is 6.53. The number of likely N-dealkylation sites (tertiary alicyclic amines) is 1. The Morgan fingerprint density at radius 3 is 2.58 bits per heavy atom. The van der Waals surface area contributed by atoms with Crippen LogP contribution >= 0.6 is 0 Å². The summed E-state index contributed by atoms with van der Waals surface area (Å²) in [4.78, 5) is 13.6. The lowest BCUT2D eigenvalue weighted by Crippen LogP contribution is -2.74. The first kappa shape index (κ1) is 15.7. The minimum atomic E-state index is -0.466. The van der Waals surface area contributed by atoms with Crippen molar-refractivity contribution in [3.8, 4) is 0 Å². The van der Waals surface area contributed by atoms with Crippen molar-refractivity contribution in [1.29, 1.82) is 0 Å². The molecule has 5 heteroatoms. The zero-order chi connectivity index (χ0) is 14.6. The predicted octanol–water partition coefficient (Wildman–Crippen LogP) is 1.91. The van der Waals surface area contributed by atoms with Crippen molar-refractivity contribution in [2.75, 3.05) is 13.1 Å². The molecule has 1 aliphatic rings. The number of rotatable bonds is 2. The highest BCUT2D eigenvalue weighted by molar-refractivity contribution is 5.69. The second kappa shape index (κ2) is 6.21. The molecule has 1 amide bonds. The molecule has 0 radical (unpaired) electrons. The number of nitrogens with zero attached hydrogens (tertiary/aromatic N) is 1. The number of amides is 1. The van der Waals surface area contributed by atoms with Gasteiger partial charge >= 0.3 is 6.09 Å². The molecule has 19 heavy (non-hydrogen) atoms. The molecule has 0 spiro atoms. The van der Waals surface area contributed by atoms with Crippen LogP contribution in [0.2, 0.25) is 0 Å². The molecule has 0 bridgehead atoms. The lowest BCUT2D eigenvalue weighted by molar-refractivity contribution is -0.535. The van der Waals surface area contributed by atoms with Gasteiger partial charge in [-0.3, -0.25) is 0 Å². The molecule has 0 aromatic heterocycles. The number of hydrogen-bond acceptors (Lipinski definition) is 3. The third-order valence-corrected chi connectivity index (χ3v) is 2.90. The summed E-state index contributed by atoms with van der Waals surface area (Å²) in [5, 5.41) is 10.6. The van der Waals surface area contributed by atoms with Gasteiger partial charge in [0, 0.05) is 20.0 Å². The normalized spacial score (nSPS) is 19.7. The van der Waals surface area contributed by atoms with Crippen LogP contribution in [0.15, 0.2) is 22.9 Å². The van der Waals surface area contributed by atoms with Gasteiger partial charge in [-0.1, -0.05) is 0 Å². The first-order valence-electron chi connectivity index (χ1n) is 6.53. The van der Waals surface area contributed by atoms with Gasteiger partial charge in [-0.05, 0) is 51.3 Å². The van der Waals surface area contributed by atoms with Crippen LogP contribution in [0.3, 0.4) is 0 Å². The van der Waals surface area contributed by atoms with Gasteiger partial charge in [0.05, 0.1) is 0 Å². The molecule has 0 saturated carbocycles. The fourth-order valence-corrected chi connectivity index (χ4v) is 1.94. The third kappa shape index (κ3) is 5.04. The third-order valence-electron chi connectivity index (χ3n) is 2.90. The Hall–Kier alpha value is -1.33. The van der Waals surface area contributed by atoms with Gasteiger partial charge in [-0.25, -0.2) is 4.79 Å². The average Bonchev–Trinajstić information content (AvgIpc) is 2.75. The van der Waals surface area contributed by atoms with Crippen LogP contribution in [0.1, 0.15) is 41.0 Å². The van der Waals surface area contributed by atoms with Crippen molar-refractivity contribution < 1.29 is 15.0 Å². The quantitative estimate of drug-likeness (QED) is 0.778. The van der Waals surface area contributed by atoms with E-state index in [4.69, 9.17) is 4.74 Å². The lowest BCUT2D eigenvalue weighted by Gasteiger charge is -2.24. The molecule has 1 heterocycles. The molecular weight excluding hydrogens is 244 g/mol. The van der Waals surface area contributed by atoms with Crippen molar-refractivity contribution in [3.05, 3.63) is 28.1 Å². The number of ether oxygens (including phenoxy) is 1. The van der Waals surface area contributed by atoms with E-state index in [-0.39, 0.29) is 6.09 Å². The highest BCUT2D eigenvalue weighted by atomic mass is 16.6. The van der Waals surface area contributed by atoms with Crippen LogP contribution in [-0.2, 0) is 4.74 Å². The van der Waals surface area contributed by atoms with Crippen LogP contribution in [0, 0.1) is 5.21 Å². The summed E-state index contributed by atoms with van der Waals surface area (Å²) in [5.41, 5.74) is 3.32. The van der Waals surface area contributed by atoms with Crippen molar-refractivity contribution in [2.45, 2.75) is 46.6 Å². The summed E-state index contributed by atoms with van der Waals surface area (Å²) >= 11 is 0. The Morgan fingerprint density at radius 1 is 1.42 bits per heavy atom. The van der Waals surface area contributed by atoms with E-state index in [0.717, 1.165) is 17.5 Å². The maximum Gasteiger partial charge on any atom is 0.410 e. The molecule has 0 aliphatic carbocycles. The Morgan fingerprint density at radius 2 is 2.05 bits per heavy atom. The molecule has 1 aliphatic heterocycles. The topological polar surface area (TPSA) is 69.2 Å². The molecule has 1 rings (SSSR count). The van der Waals surface area contributed by atoms with E-state index in [1.807, 2.05) is 33.8 Å². The summed E-state index contributed by atoms with van der Waals surface area (Å²) in [7, 11) is 0. The van der Waals surface area contributed by atoms with Gasteiger partial charge in [-0.2, -0.15) is 0 Å². The Labute approximate surface area is 114 Å². The minimum absolute atomic E-state index is 0.272. The number of allylic oxidation sites excluding steroid dienone is 3. The fraction of sp³-hybridized carbons (Fsp3) is 0.643. The molecule has 5 nitrogen and oxygen atoms in total. The van der Waals surface area contributed by atoms with E-state index in [2.05, 4.69) is 0 Å². The van der Waals surface area contributed by atoms with Crippen molar-refractivity contribution >= 4 is 6.09 Å². The van der Waals surface area contributed by atoms with Crippen molar-refractivity contribution in [1.82, 2.24) is 4.90 Å². The van der Waals surface area contributed by atoms with Crippen LogP contribution in [-0.4, -0.2) is 29.7 Å². The number of nitrogens with two attached hydrogens (primary N) is 1. The van der Waals surface area contributed by atoms with Gasteiger partial charge in [0.1, 0.15) is 11.3 Å². The van der Waals surface area contributed by atoms with E-state index in [0.29, 0.717) is 18.8 Å². The van der Waals surface area contributed by atoms with Gasteiger partial charge < -0.3 is 20.3 Å². The smallest absolute Gasteiger partial charge is 0.410 e. The molecule has 2 N–H and O–H groups in total. The zero-order valence-corrected chi connectivity index (χ0v) is 12.4. The molecular formula is C14H24N2O3. The molecule has 0 aromatic rings. The maximum absolute atomic E-state index is 11.9. The van der Waals surface area contributed by atoms with Gasteiger partial charge in [-0.15, -0.1) is 0 Å². The van der Waals surface area contributed by atoms with Crippen LogP contribution in [0.5, 0.6) is 0 Å². The average molecular weight is 268 g/mol. The largest absolute Gasteiger partial charge is 0.631 e. The summed E-state index contributed by atoms with van der Waals surface area (Å²) in [5.74, 6) is 0. The first-order chi connectivity index (χ1) is 8.73. The number of carbonyl (C=O) groups is 1. The van der Waals surface area contributed by atoms with E-state index in [9.17, 15) is 10.0 Å². The fourth-order valence-electron chi connectivity index (χ4n) is 1.94. The summed E-state index contributed by atoms with van der Waals surface area (Å²) in [6.07, 6.45) is 2.43. The van der Waals surface area contributed by atoms with Crippen molar-refractivity contribution in [3.63, 3.8) is 0 Å². The number of hydrogen-bond donors (Lipinski definition) is 1. The highest BCUT2D eigenvalue weighted by Gasteiger charge is 2.27. The lowest BCUT2D eigenvalue weighted by atomic mass is 10.1. The van der Waals surface area contributed by atoms with Crippen LogP contribution in [0.25, 0.3) is 0 Å². The van der Waals surface area contributed by atoms with Gasteiger partial charge in [0.25, 0.3) is 0 Å². The summed E-state index contributed by atoms with van der Waals surface area (Å²) in [6.45, 7) is 10.6. The zero-order valence-electron chi connectivity index (χ0n) is 12.4. The minimum Gasteiger partial charge on any atom is -0.631 e. The molecule has 1 saturated heterocycles. The van der Waals surface area contributed by atoms with E-state index >= 15 is 0 Å². The Balaban J connectivity index is 2.68. The SMILES string of the molecule is C/C(=C/C(C)=C1\CCN(C(=O)OC(C)(C)C)C1)[NH2+][O-]. The standard InChI is InChI=1S/C14H24N2O3/c1-10(8-11(2)15-18)12-6-7-16(9-12)13(17)19-14(3,4)5/h8H,6-7,9,15H2,1-5H3/b11-8-,12-10+. The summed E-state index contributed by atoms with van der Waals surface area (Å²) < 4.78 is 5.34. The number of hydroxylamine groups is 1. The second-order valence-electron chi connectivity index (χ2n) is 5.94. The Kier molecular flexibility index (Phi) is 5.14. The number of quaternary nitrogens is 1. The monoisotopic (exact) mass is 268 g/mol. The van der Waals surface area contributed by atoms with Gasteiger partial charge in [0.2, 0.25) is 0 Å². The second-order valence-corrected chi connectivity index (χ2v) is 5.94. The molecule has 1 fully saturated rings. The van der Waals surface area contributed by atoms with E-state index in [1.165, 1.54) is 5.57 Å². The van der Waals surface area contributed by atoms with Crippen LogP contribution in [0.4, 0.5) is 4.79 Å². The molecule has 0 atom stereocenters. The predicted molar refractivity (Wildman–Crippen MR) is 74.2 cm³/mol. The molecule has 108 valence electrons. The number of carbonyl (C=O) groups excluding carboxylic acids is 1. The Bertz CT molecular complexity index is 405. The molecule has 0 unspecified atom stereocenters. The van der Waals surface area contributed by atoms with E-state index in [1.54, 1.807) is 11.8 Å². The highest BCUT2D eigenvalue weighted by Crippen LogP contribution is 2.22. The molecule has 0 aromatic carbocycles. The summed E-state index contributed by atoms with van der Waals surface area (Å²) in [6, 6.07) is 0. The van der Waals surface area contributed by atoms with E-state index < -0.39 is 5.60 Å².